The number of nitrogens with zero attached hydrogens (tertiary/aromatic N) is 4. The standard InChI is InChI=1S/C13H15N4O4P.C8H8FNO/c1-9-5-10-3-4-12(15-13(10)16(9)2)11-6-14-17(7-11)8-21-22(18,19)20;9-8-4-2-1-3-7(8)5-10-6-11/h3-7H,8H2,1-2H3,(H2,18,19,20);1-4,6H,5H2,(H,10,11). The lowest BCUT2D eigenvalue weighted by Gasteiger charge is -2.04. The molecule has 12 heteroatoms. The number of nitrogens with one attached hydrogen (secondary N) is 1. The van der Waals surface area contributed by atoms with E-state index < -0.39 is 7.82 Å². The predicted molar refractivity (Wildman–Crippen MR) is 119 cm³/mol. The molecule has 1 aromatic carbocycles. The van der Waals surface area contributed by atoms with E-state index in [1.54, 1.807) is 30.6 Å². The van der Waals surface area contributed by atoms with Crippen LogP contribution in [0.25, 0.3) is 22.3 Å². The van der Waals surface area contributed by atoms with E-state index in [4.69, 9.17) is 9.79 Å². The van der Waals surface area contributed by atoms with Gasteiger partial charge in [-0.2, -0.15) is 5.10 Å². The number of halogens is 1. The molecule has 3 heterocycles. The fourth-order valence-corrected chi connectivity index (χ4v) is 3.25. The number of rotatable bonds is 7. The Morgan fingerprint density at radius 3 is 2.70 bits per heavy atom. The van der Waals surface area contributed by atoms with Crippen LogP contribution in [0.1, 0.15) is 11.3 Å². The van der Waals surface area contributed by atoms with Crippen molar-refractivity contribution in [3.63, 3.8) is 0 Å². The molecule has 0 saturated heterocycles. The molecule has 174 valence electrons. The van der Waals surface area contributed by atoms with E-state index in [1.165, 1.54) is 10.7 Å². The van der Waals surface area contributed by atoms with Crippen LogP contribution in [0.3, 0.4) is 0 Å². The molecule has 0 aliphatic carbocycles. The van der Waals surface area contributed by atoms with Gasteiger partial charge in [-0.05, 0) is 31.2 Å². The van der Waals surface area contributed by atoms with Gasteiger partial charge in [-0.15, -0.1) is 0 Å². The van der Waals surface area contributed by atoms with Gasteiger partial charge in [0.05, 0.1) is 11.9 Å². The van der Waals surface area contributed by atoms with Gasteiger partial charge in [0.15, 0.2) is 6.73 Å². The van der Waals surface area contributed by atoms with Crippen LogP contribution in [0.15, 0.2) is 54.9 Å². The molecular weight excluding hydrogens is 452 g/mol. The van der Waals surface area contributed by atoms with E-state index in [1.807, 2.05) is 30.7 Å². The first-order valence-electron chi connectivity index (χ1n) is 9.74. The third-order valence-corrected chi connectivity index (χ3v) is 5.19. The lowest BCUT2D eigenvalue weighted by Crippen LogP contribution is -2.10. The van der Waals surface area contributed by atoms with Gasteiger partial charge >= 0.3 is 7.82 Å². The largest absolute Gasteiger partial charge is 0.471 e. The van der Waals surface area contributed by atoms with Crippen molar-refractivity contribution in [3.05, 3.63) is 71.9 Å². The molecule has 4 aromatic rings. The smallest absolute Gasteiger partial charge is 0.354 e. The van der Waals surface area contributed by atoms with Crippen molar-refractivity contribution in [1.82, 2.24) is 24.6 Å². The minimum atomic E-state index is -4.51. The summed E-state index contributed by atoms with van der Waals surface area (Å²) in [6.07, 6.45) is 3.75. The zero-order valence-corrected chi connectivity index (χ0v) is 18.8. The molecule has 3 N–H and O–H groups in total. The predicted octanol–water partition coefficient (Wildman–Crippen LogP) is 2.88. The first-order valence-corrected chi connectivity index (χ1v) is 11.3. The summed E-state index contributed by atoms with van der Waals surface area (Å²) in [6, 6.07) is 12.3. The molecule has 10 nitrogen and oxygen atoms in total. The molecule has 33 heavy (non-hydrogen) atoms. The van der Waals surface area contributed by atoms with Crippen molar-refractivity contribution >= 4 is 25.3 Å². The number of carbonyl (C=O) groups is 1. The molecule has 0 saturated carbocycles. The molecule has 3 aromatic heterocycles. The summed E-state index contributed by atoms with van der Waals surface area (Å²) in [6.45, 7) is 1.94. The first kappa shape index (κ1) is 24.3. The van der Waals surface area contributed by atoms with Crippen molar-refractivity contribution in [3.8, 4) is 11.3 Å². The van der Waals surface area contributed by atoms with Gasteiger partial charge in [0.25, 0.3) is 0 Å². The third-order valence-electron chi connectivity index (χ3n) is 4.74. The molecule has 0 spiro atoms. The van der Waals surface area contributed by atoms with Crippen LogP contribution in [0, 0.1) is 12.7 Å². The number of amides is 1. The Bertz CT molecular complexity index is 1300. The number of hydrogen-bond acceptors (Lipinski definition) is 5. The number of fused-ring (bicyclic) bond motifs is 1. The number of hydrogen-bond donors (Lipinski definition) is 3. The molecule has 0 bridgehead atoms. The summed E-state index contributed by atoms with van der Waals surface area (Å²) in [4.78, 5) is 31.8. The minimum Gasteiger partial charge on any atom is -0.354 e. The van der Waals surface area contributed by atoms with Gasteiger partial charge in [-0.25, -0.2) is 18.6 Å². The highest BCUT2D eigenvalue weighted by Crippen LogP contribution is 2.36. The van der Waals surface area contributed by atoms with Crippen LogP contribution in [-0.4, -0.2) is 35.5 Å². The summed E-state index contributed by atoms with van der Waals surface area (Å²) in [7, 11) is -2.56. The maximum absolute atomic E-state index is 12.8. The van der Waals surface area contributed by atoms with E-state index in [9.17, 15) is 13.8 Å². The Kier molecular flexibility index (Phi) is 7.72. The second-order valence-electron chi connectivity index (χ2n) is 7.06. The Hall–Kier alpha value is -3.37. The third kappa shape index (κ3) is 6.56. The van der Waals surface area contributed by atoms with Gasteiger partial charge in [0.1, 0.15) is 11.5 Å². The Morgan fingerprint density at radius 1 is 1.24 bits per heavy atom. The summed E-state index contributed by atoms with van der Waals surface area (Å²) in [5.41, 5.74) is 3.96. The Balaban J connectivity index is 0.000000235. The van der Waals surface area contributed by atoms with Crippen molar-refractivity contribution in [1.29, 1.82) is 0 Å². The summed E-state index contributed by atoms with van der Waals surface area (Å²) >= 11 is 0. The van der Waals surface area contributed by atoms with E-state index >= 15 is 0 Å². The molecule has 0 aliphatic heterocycles. The fraction of sp³-hybridized carbons (Fsp3) is 0.190. The Labute approximate surface area is 188 Å². The number of benzene rings is 1. The monoisotopic (exact) mass is 475 g/mol. The van der Waals surface area contributed by atoms with Crippen molar-refractivity contribution in [2.45, 2.75) is 20.2 Å². The van der Waals surface area contributed by atoms with Crippen LogP contribution in [0.5, 0.6) is 0 Å². The lowest BCUT2D eigenvalue weighted by atomic mass is 10.2. The highest BCUT2D eigenvalue weighted by Gasteiger charge is 2.14. The number of aromatic nitrogens is 4. The summed E-state index contributed by atoms with van der Waals surface area (Å²) in [5, 5.41) is 7.45. The number of phosphoric ester groups is 1. The minimum absolute atomic E-state index is 0.246. The zero-order chi connectivity index (χ0) is 24.0. The average Bonchev–Trinajstić information content (AvgIpc) is 3.36. The highest BCUT2D eigenvalue weighted by atomic mass is 31.2. The number of carbonyl (C=O) groups excluding carboxylic acids is 1. The Morgan fingerprint density at radius 2 is 2.00 bits per heavy atom. The molecule has 1 amide bonds. The van der Waals surface area contributed by atoms with Crippen molar-refractivity contribution < 1.29 is 28.1 Å². The maximum Gasteiger partial charge on any atom is 0.471 e. The van der Waals surface area contributed by atoms with Crippen LogP contribution < -0.4 is 5.32 Å². The molecular formula is C21H23FN5O5P. The van der Waals surface area contributed by atoms with Gasteiger partial charge in [0, 0.05) is 42.0 Å². The topological polar surface area (TPSA) is 132 Å². The van der Waals surface area contributed by atoms with E-state index in [-0.39, 0.29) is 19.1 Å². The summed E-state index contributed by atoms with van der Waals surface area (Å²) in [5.74, 6) is -0.290. The van der Waals surface area contributed by atoms with E-state index in [0.717, 1.165) is 28.0 Å². The molecule has 0 aliphatic rings. The summed E-state index contributed by atoms with van der Waals surface area (Å²) < 4.78 is 31.1. The number of aryl methyl sites for hydroxylation is 2. The molecule has 0 fully saturated rings. The maximum atomic E-state index is 12.8. The second-order valence-corrected chi connectivity index (χ2v) is 8.30. The van der Waals surface area contributed by atoms with Crippen LogP contribution in [0.4, 0.5) is 4.39 Å². The number of pyridine rings is 1. The quantitative estimate of drug-likeness (QED) is 0.277. The fourth-order valence-electron chi connectivity index (χ4n) is 2.98. The molecule has 4 rings (SSSR count). The molecule has 0 atom stereocenters. The number of phosphoric acid groups is 1. The van der Waals surface area contributed by atoms with Gasteiger partial charge in [-0.3, -0.25) is 9.32 Å². The highest BCUT2D eigenvalue weighted by molar-refractivity contribution is 7.46. The van der Waals surface area contributed by atoms with Crippen LogP contribution in [0.2, 0.25) is 0 Å². The molecule has 0 unspecified atom stereocenters. The van der Waals surface area contributed by atoms with Crippen LogP contribution >= 0.6 is 7.82 Å². The second kappa shape index (κ2) is 10.5. The van der Waals surface area contributed by atoms with Crippen molar-refractivity contribution in [2.75, 3.05) is 0 Å². The zero-order valence-electron chi connectivity index (χ0n) is 17.9. The average molecular weight is 475 g/mol. The van der Waals surface area contributed by atoms with E-state index in [2.05, 4.69) is 26.0 Å². The molecule has 0 radical (unpaired) electrons. The lowest BCUT2D eigenvalue weighted by molar-refractivity contribution is -0.109. The van der Waals surface area contributed by atoms with Crippen LogP contribution in [-0.2, 0) is 34.2 Å². The SMILES string of the molecule is Cc1cc2ccc(-c3cnn(COP(=O)(O)O)c3)nc2n1C.O=CNCc1ccccc1F. The normalized spacial score (nSPS) is 11.2. The van der Waals surface area contributed by atoms with Gasteiger partial charge in [-0.1, -0.05) is 18.2 Å². The van der Waals surface area contributed by atoms with Gasteiger partial charge in [0.2, 0.25) is 6.41 Å². The first-order chi connectivity index (χ1) is 15.7. The van der Waals surface area contributed by atoms with E-state index in [0.29, 0.717) is 12.0 Å². The van der Waals surface area contributed by atoms with Crippen molar-refractivity contribution in [2.24, 2.45) is 7.05 Å². The van der Waals surface area contributed by atoms with Gasteiger partial charge < -0.3 is 19.7 Å².